The molecule has 1 atom stereocenters. The van der Waals surface area contributed by atoms with Gasteiger partial charge in [0.05, 0.1) is 9.26 Å². The van der Waals surface area contributed by atoms with Crippen molar-refractivity contribution < 1.29 is 23.1 Å². The number of carbonyl (C=O) groups is 1. The van der Waals surface area contributed by atoms with E-state index in [0.29, 0.717) is 0 Å². The Morgan fingerprint density at radius 1 is 1.56 bits per heavy atom. The maximum Gasteiger partial charge on any atom is 0.436 e. The van der Waals surface area contributed by atoms with Gasteiger partial charge in [-0.15, -0.1) is 0 Å². The number of aromatic nitrogens is 2. The lowest BCUT2D eigenvalue weighted by Crippen LogP contribution is -2.18. The lowest BCUT2D eigenvalue weighted by Gasteiger charge is -2.08. The molecule has 90 valence electrons. The summed E-state index contributed by atoms with van der Waals surface area (Å²) in [6, 6.07) is -1.12. The minimum Gasteiger partial charge on any atom is -0.480 e. The molecule has 0 radical (unpaired) electrons. The van der Waals surface area contributed by atoms with E-state index in [2.05, 4.69) is 5.10 Å². The number of nitrogens with zero attached hydrogens (tertiary/aromatic N) is 2. The van der Waals surface area contributed by atoms with Crippen LogP contribution >= 0.6 is 22.6 Å². The van der Waals surface area contributed by atoms with Crippen LogP contribution in [0.25, 0.3) is 0 Å². The molecule has 0 amide bonds. The van der Waals surface area contributed by atoms with E-state index in [9.17, 15) is 18.0 Å². The molecule has 0 aliphatic rings. The maximum atomic E-state index is 12.5. The van der Waals surface area contributed by atoms with Crippen LogP contribution in [0.1, 0.15) is 24.4 Å². The summed E-state index contributed by atoms with van der Waals surface area (Å²) in [4.78, 5) is 10.7. The van der Waals surface area contributed by atoms with Crippen LogP contribution in [0.5, 0.6) is 0 Å². The summed E-state index contributed by atoms with van der Waals surface area (Å²) in [7, 11) is 0. The van der Waals surface area contributed by atoms with Crippen molar-refractivity contribution in [3.05, 3.63) is 15.0 Å². The Morgan fingerprint density at radius 3 is 2.38 bits per heavy atom. The number of hydrogen-bond acceptors (Lipinski definition) is 2. The van der Waals surface area contributed by atoms with Gasteiger partial charge in [-0.05, 0) is 36.4 Å². The van der Waals surface area contributed by atoms with Gasteiger partial charge >= 0.3 is 12.1 Å². The minimum absolute atomic E-state index is 0.0711. The van der Waals surface area contributed by atoms with Crippen molar-refractivity contribution in [1.82, 2.24) is 9.78 Å². The first-order valence-electron chi connectivity index (χ1n) is 4.21. The molecular weight excluding hydrogens is 340 g/mol. The van der Waals surface area contributed by atoms with Crippen LogP contribution in [0.15, 0.2) is 0 Å². The van der Waals surface area contributed by atoms with Crippen molar-refractivity contribution >= 4 is 28.6 Å². The fourth-order valence-corrected chi connectivity index (χ4v) is 1.82. The number of carboxylic acids is 1. The molecule has 1 heterocycles. The highest BCUT2D eigenvalue weighted by Gasteiger charge is 2.38. The van der Waals surface area contributed by atoms with Crippen LogP contribution in [0.4, 0.5) is 13.2 Å². The highest BCUT2D eigenvalue weighted by atomic mass is 127. The molecule has 4 nitrogen and oxygen atoms in total. The second kappa shape index (κ2) is 4.22. The van der Waals surface area contributed by atoms with Gasteiger partial charge < -0.3 is 5.11 Å². The third-order valence-corrected chi connectivity index (χ3v) is 3.36. The van der Waals surface area contributed by atoms with Gasteiger partial charge in [0, 0.05) is 0 Å². The van der Waals surface area contributed by atoms with Gasteiger partial charge in [-0.2, -0.15) is 18.3 Å². The van der Waals surface area contributed by atoms with E-state index in [1.165, 1.54) is 36.4 Å². The molecule has 0 spiro atoms. The number of alkyl halides is 3. The Bertz CT molecular complexity index is 428. The zero-order chi connectivity index (χ0) is 12.7. The molecule has 1 aromatic rings. The number of aliphatic carboxylic acids is 1. The van der Waals surface area contributed by atoms with Crippen LogP contribution < -0.4 is 0 Å². The summed E-state index contributed by atoms with van der Waals surface area (Å²) in [5, 5.41) is 12.0. The molecular formula is C8H8F3IN2O2. The topological polar surface area (TPSA) is 55.1 Å². The molecule has 0 saturated heterocycles. The first kappa shape index (κ1) is 13.3. The number of rotatable bonds is 2. The monoisotopic (exact) mass is 348 g/mol. The second-order valence-electron chi connectivity index (χ2n) is 3.20. The van der Waals surface area contributed by atoms with Gasteiger partial charge in [0.25, 0.3) is 0 Å². The van der Waals surface area contributed by atoms with E-state index >= 15 is 0 Å². The summed E-state index contributed by atoms with van der Waals surface area (Å²) in [6.07, 6.45) is -4.56. The molecule has 0 saturated carbocycles. The predicted molar refractivity (Wildman–Crippen MR) is 57.0 cm³/mol. The molecule has 0 aliphatic heterocycles. The van der Waals surface area contributed by atoms with Crippen molar-refractivity contribution in [3.8, 4) is 0 Å². The standard InChI is InChI=1S/C8H8F3IN2O2/c1-3-5(12)6(8(9,10)11)13-14(3)4(2)7(15)16/h4H,1-2H3,(H,15,16). The Morgan fingerprint density at radius 2 is 2.06 bits per heavy atom. The van der Waals surface area contributed by atoms with Crippen LogP contribution in [-0.4, -0.2) is 20.9 Å². The SMILES string of the molecule is Cc1c(I)c(C(F)(F)F)nn1C(C)C(=O)O. The lowest BCUT2D eigenvalue weighted by atomic mass is 10.3. The predicted octanol–water partition coefficient (Wildman–Crippen LogP) is 2.46. The maximum absolute atomic E-state index is 12.5. The molecule has 0 fully saturated rings. The van der Waals surface area contributed by atoms with Gasteiger partial charge in [-0.25, -0.2) is 4.79 Å². The van der Waals surface area contributed by atoms with Crippen molar-refractivity contribution in [2.24, 2.45) is 0 Å². The zero-order valence-corrected chi connectivity index (χ0v) is 10.5. The third kappa shape index (κ3) is 2.30. The fourth-order valence-electron chi connectivity index (χ4n) is 1.16. The van der Waals surface area contributed by atoms with Gasteiger partial charge in [-0.1, -0.05) is 0 Å². The van der Waals surface area contributed by atoms with Gasteiger partial charge in [0.15, 0.2) is 5.69 Å². The second-order valence-corrected chi connectivity index (χ2v) is 4.28. The van der Waals surface area contributed by atoms with Crippen LogP contribution in [0, 0.1) is 10.5 Å². The van der Waals surface area contributed by atoms with Crippen LogP contribution in [0.3, 0.4) is 0 Å². The molecule has 16 heavy (non-hydrogen) atoms. The van der Waals surface area contributed by atoms with E-state index in [4.69, 9.17) is 5.11 Å². The largest absolute Gasteiger partial charge is 0.480 e. The van der Waals surface area contributed by atoms with Crippen molar-refractivity contribution in [3.63, 3.8) is 0 Å². The lowest BCUT2D eigenvalue weighted by molar-refractivity contribution is -0.144. The average Bonchev–Trinajstić information content (AvgIpc) is 2.42. The van der Waals surface area contributed by atoms with E-state index in [1.54, 1.807) is 0 Å². The molecule has 0 aliphatic carbocycles. The minimum atomic E-state index is -4.56. The molecule has 0 aromatic carbocycles. The van der Waals surface area contributed by atoms with Gasteiger partial charge in [-0.3, -0.25) is 4.68 Å². The molecule has 1 rings (SSSR count). The summed E-state index contributed by atoms with van der Waals surface area (Å²) in [6.45, 7) is 2.68. The molecule has 1 aromatic heterocycles. The van der Waals surface area contributed by atoms with E-state index in [-0.39, 0.29) is 9.26 Å². The highest BCUT2D eigenvalue weighted by Crippen LogP contribution is 2.33. The fraction of sp³-hybridized carbons (Fsp3) is 0.500. The van der Waals surface area contributed by atoms with Crippen molar-refractivity contribution in [2.45, 2.75) is 26.1 Å². The first-order valence-corrected chi connectivity index (χ1v) is 5.28. The zero-order valence-electron chi connectivity index (χ0n) is 8.34. The molecule has 8 heteroatoms. The van der Waals surface area contributed by atoms with E-state index < -0.39 is 23.9 Å². The molecule has 0 bridgehead atoms. The first-order chi connectivity index (χ1) is 7.16. The summed E-state index contributed by atoms with van der Waals surface area (Å²) >= 11 is 1.51. The third-order valence-electron chi connectivity index (χ3n) is 2.07. The van der Waals surface area contributed by atoms with Crippen molar-refractivity contribution in [2.75, 3.05) is 0 Å². The number of carboxylic acid groups (broad SMARTS) is 1. The summed E-state index contributed by atoms with van der Waals surface area (Å²) in [5.41, 5.74) is -0.846. The number of halogens is 4. The quantitative estimate of drug-likeness (QED) is 0.836. The smallest absolute Gasteiger partial charge is 0.436 e. The van der Waals surface area contributed by atoms with Crippen LogP contribution in [0.2, 0.25) is 0 Å². The molecule has 1 N–H and O–H groups in total. The Hall–Kier alpha value is -0.800. The van der Waals surface area contributed by atoms with Crippen molar-refractivity contribution in [1.29, 1.82) is 0 Å². The van der Waals surface area contributed by atoms with E-state index in [1.807, 2.05) is 0 Å². The normalized spacial score (nSPS) is 13.9. The summed E-state index contributed by atoms with van der Waals surface area (Å²) < 4.78 is 38.2. The van der Waals surface area contributed by atoms with Gasteiger partial charge in [0.2, 0.25) is 0 Å². The Balaban J connectivity index is 3.30. The highest BCUT2D eigenvalue weighted by molar-refractivity contribution is 14.1. The Kier molecular flexibility index (Phi) is 3.50. The van der Waals surface area contributed by atoms with E-state index in [0.717, 1.165) is 4.68 Å². The average molecular weight is 348 g/mol. The van der Waals surface area contributed by atoms with Gasteiger partial charge in [0.1, 0.15) is 6.04 Å². The summed E-state index contributed by atoms with van der Waals surface area (Å²) in [5.74, 6) is -1.23. The van der Waals surface area contributed by atoms with Crippen LogP contribution in [-0.2, 0) is 11.0 Å². The number of hydrogen-bond donors (Lipinski definition) is 1. The Labute approximate surface area is 103 Å². The molecule has 1 unspecified atom stereocenters.